The van der Waals surface area contributed by atoms with E-state index in [0.29, 0.717) is 10.6 Å². The third-order valence-corrected chi connectivity index (χ3v) is 2.18. The Hall–Kier alpha value is -0.990. The number of benzene rings is 1. The maximum Gasteiger partial charge on any atom is 0.349 e. The highest BCUT2D eigenvalue weighted by molar-refractivity contribution is 6.43. The molecular formula is C10H8Cl2O2. The molecule has 1 aromatic carbocycles. The van der Waals surface area contributed by atoms with Crippen LogP contribution in [0.1, 0.15) is 5.56 Å². The smallest absolute Gasteiger partial charge is 0.349 e. The molecule has 0 spiro atoms. The highest BCUT2D eigenvalue weighted by Gasteiger charge is 2.06. The second kappa shape index (κ2) is 5.03. The monoisotopic (exact) mass is 230 g/mol. The Labute approximate surface area is 92.1 Å². The lowest BCUT2D eigenvalue weighted by Crippen LogP contribution is -1.99. The molecule has 0 N–H and O–H groups in total. The molecule has 2 nitrogen and oxygen atoms in total. The van der Waals surface area contributed by atoms with Crippen LogP contribution in [0.25, 0.3) is 6.08 Å². The van der Waals surface area contributed by atoms with Gasteiger partial charge in [-0.3, -0.25) is 0 Å². The molecule has 0 aromatic heterocycles. The molecule has 0 heterocycles. The minimum atomic E-state index is -0.577. The zero-order chi connectivity index (χ0) is 10.6. The standard InChI is InChI=1S/C10H8Cl2O2/c1-14-10(13)9(12)6-7-4-2-3-5-8(7)11/h2-6H,1H3/b9-6-. The van der Waals surface area contributed by atoms with Gasteiger partial charge in [0.1, 0.15) is 5.03 Å². The van der Waals surface area contributed by atoms with Gasteiger partial charge in [0.2, 0.25) is 0 Å². The number of rotatable bonds is 2. The Morgan fingerprint density at radius 1 is 1.43 bits per heavy atom. The number of esters is 1. The number of hydrogen-bond donors (Lipinski definition) is 0. The predicted molar refractivity (Wildman–Crippen MR) is 57.3 cm³/mol. The largest absolute Gasteiger partial charge is 0.465 e. The number of hydrogen-bond acceptors (Lipinski definition) is 2. The zero-order valence-corrected chi connectivity index (χ0v) is 8.97. The maximum atomic E-state index is 11.0. The summed E-state index contributed by atoms with van der Waals surface area (Å²) in [6.07, 6.45) is 1.47. The highest BCUT2D eigenvalue weighted by atomic mass is 35.5. The van der Waals surface area contributed by atoms with Crippen molar-refractivity contribution >= 4 is 35.2 Å². The minimum Gasteiger partial charge on any atom is -0.465 e. The summed E-state index contributed by atoms with van der Waals surface area (Å²) in [6, 6.07) is 7.08. The van der Waals surface area contributed by atoms with Crippen LogP contribution >= 0.6 is 23.2 Å². The van der Waals surface area contributed by atoms with E-state index in [1.54, 1.807) is 24.3 Å². The van der Waals surface area contributed by atoms with E-state index in [2.05, 4.69) is 4.74 Å². The Kier molecular flexibility index (Phi) is 3.98. The molecule has 0 aliphatic carbocycles. The van der Waals surface area contributed by atoms with Crippen LogP contribution in [0.5, 0.6) is 0 Å². The third-order valence-electron chi connectivity index (χ3n) is 1.57. The van der Waals surface area contributed by atoms with Crippen LogP contribution in [-0.2, 0) is 9.53 Å². The third kappa shape index (κ3) is 2.76. The van der Waals surface area contributed by atoms with Crippen molar-refractivity contribution in [3.8, 4) is 0 Å². The van der Waals surface area contributed by atoms with E-state index in [4.69, 9.17) is 23.2 Å². The summed E-state index contributed by atoms with van der Waals surface area (Å²) in [5, 5.41) is 0.537. The average Bonchev–Trinajstić information content (AvgIpc) is 2.20. The molecule has 74 valence electrons. The lowest BCUT2D eigenvalue weighted by molar-refractivity contribution is -0.135. The van der Waals surface area contributed by atoms with Gasteiger partial charge in [-0.25, -0.2) is 4.79 Å². The first-order valence-corrected chi connectivity index (χ1v) is 4.61. The van der Waals surface area contributed by atoms with E-state index in [-0.39, 0.29) is 5.03 Å². The van der Waals surface area contributed by atoms with Gasteiger partial charge in [0.25, 0.3) is 0 Å². The van der Waals surface area contributed by atoms with Crippen LogP contribution in [0.3, 0.4) is 0 Å². The van der Waals surface area contributed by atoms with Crippen LogP contribution in [0.15, 0.2) is 29.3 Å². The van der Waals surface area contributed by atoms with Gasteiger partial charge in [-0.05, 0) is 17.7 Å². The van der Waals surface area contributed by atoms with Crippen molar-refractivity contribution in [1.82, 2.24) is 0 Å². The van der Waals surface area contributed by atoms with Crippen LogP contribution in [0, 0.1) is 0 Å². The van der Waals surface area contributed by atoms with Gasteiger partial charge in [-0.2, -0.15) is 0 Å². The molecule has 0 radical (unpaired) electrons. The van der Waals surface area contributed by atoms with Gasteiger partial charge < -0.3 is 4.74 Å². The Balaban J connectivity index is 2.97. The topological polar surface area (TPSA) is 26.3 Å². The molecule has 0 saturated carbocycles. The van der Waals surface area contributed by atoms with Crippen molar-refractivity contribution in [2.75, 3.05) is 7.11 Å². The Bertz CT molecular complexity index is 372. The van der Waals surface area contributed by atoms with Gasteiger partial charge in [0.15, 0.2) is 0 Å². The number of carbonyl (C=O) groups is 1. The highest BCUT2D eigenvalue weighted by Crippen LogP contribution is 2.19. The molecule has 14 heavy (non-hydrogen) atoms. The Morgan fingerprint density at radius 3 is 2.64 bits per heavy atom. The quantitative estimate of drug-likeness (QED) is 0.577. The molecule has 0 amide bonds. The van der Waals surface area contributed by atoms with Gasteiger partial charge in [-0.1, -0.05) is 41.4 Å². The van der Waals surface area contributed by atoms with Crippen LogP contribution in [0.4, 0.5) is 0 Å². The minimum absolute atomic E-state index is 0.000556. The van der Waals surface area contributed by atoms with Gasteiger partial charge in [-0.15, -0.1) is 0 Å². The molecule has 4 heteroatoms. The SMILES string of the molecule is COC(=O)/C(Cl)=C/c1ccccc1Cl. The first-order chi connectivity index (χ1) is 6.65. The van der Waals surface area contributed by atoms with E-state index >= 15 is 0 Å². The predicted octanol–water partition coefficient (Wildman–Crippen LogP) is 3.09. The van der Waals surface area contributed by atoms with Crippen LogP contribution < -0.4 is 0 Å². The molecule has 0 unspecified atom stereocenters. The molecule has 0 aliphatic heterocycles. The summed E-state index contributed by atoms with van der Waals surface area (Å²) in [5.74, 6) is -0.577. The summed E-state index contributed by atoms with van der Waals surface area (Å²) in [5.41, 5.74) is 0.685. The summed E-state index contributed by atoms with van der Waals surface area (Å²) in [7, 11) is 1.27. The first-order valence-electron chi connectivity index (χ1n) is 3.85. The zero-order valence-electron chi connectivity index (χ0n) is 7.46. The summed E-state index contributed by atoms with van der Waals surface area (Å²) in [6.45, 7) is 0. The summed E-state index contributed by atoms with van der Waals surface area (Å²) in [4.78, 5) is 11.0. The van der Waals surface area contributed by atoms with Crippen molar-refractivity contribution < 1.29 is 9.53 Å². The normalized spacial score (nSPS) is 11.2. The van der Waals surface area contributed by atoms with Gasteiger partial charge >= 0.3 is 5.97 Å². The first kappa shape index (κ1) is 11.1. The molecule has 1 rings (SSSR count). The van der Waals surface area contributed by atoms with E-state index in [1.165, 1.54) is 13.2 Å². The van der Waals surface area contributed by atoms with Crippen molar-refractivity contribution in [3.05, 3.63) is 39.9 Å². The van der Waals surface area contributed by atoms with E-state index < -0.39 is 5.97 Å². The number of methoxy groups -OCH3 is 1. The Morgan fingerprint density at radius 2 is 2.07 bits per heavy atom. The van der Waals surface area contributed by atoms with Crippen molar-refractivity contribution in [1.29, 1.82) is 0 Å². The number of ether oxygens (including phenoxy) is 1. The fraction of sp³-hybridized carbons (Fsp3) is 0.100. The summed E-state index contributed by atoms with van der Waals surface area (Å²) < 4.78 is 4.44. The molecule has 0 saturated heterocycles. The van der Waals surface area contributed by atoms with E-state index in [0.717, 1.165) is 0 Å². The second-order valence-electron chi connectivity index (χ2n) is 2.51. The van der Waals surface area contributed by atoms with E-state index in [9.17, 15) is 4.79 Å². The molecular weight excluding hydrogens is 223 g/mol. The molecule has 1 aromatic rings. The average molecular weight is 231 g/mol. The second-order valence-corrected chi connectivity index (χ2v) is 3.32. The van der Waals surface area contributed by atoms with Crippen LogP contribution in [0.2, 0.25) is 5.02 Å². The fourth-order valence-electron chi connectivity index (χ4n) is 0.885. The molecule has 0 fully saturated rings. The van der Waals surface area contributed by atoms with Crippen molar-refractivity contribution in [2.24, 2.45) is 0 Å². The van der Waals surface area contributed by atoms with Crippen LogP contribution in [-0.4, -0.2) is 13.1 Å². The lowest BCUT2D eigenvalue weighted by atomic mass is 10.2. The summed E-state index contributed by atoms with van der Waals surface area (Å²) >= 11 is 11.5. The molecule has 0 atom stereocenters. The number of halogens is 2. The lowest BCUT2D eigenvalue weighted by Gasteiger charge is -1.99. The number of carbonyl (C=O) groups excluding carboxylic acids is 1. The maximum absolute atomic E-state index is 11.0. The van der Waals surface area contributed by atoms with Crippen molar-refractivity contribution in [3.63, 3.8) is 0 Å². The van der Waals surface area contributed by atoms with Gasteiger partial charge in [0.05, 0.1) is 7.11 Å². The fourth-order valence-corrected chi connectivity index (χ4v) is 1.27. The molecule has 0 bridgehead atoms. The molecule has 0 aliphatic rings. The van der Waals surface area contributed by atoms with Gasteiger partial charge in [0, 0.05) is 5.02 Å². The van der Waals surface area contributed by atoms with E-state index in [1.807, 2.05) is 0 Å². The van der Waals surface area contributed by atoms with Crippen molar-refractivity contribution in [2.45, 2.75) is 0 Å².